The van der Waals surface area contributed by atoms with Crippen molar-refractivity contribution in [3.63, 3.8) is 0 Å². The molecule has 0 radical (unpaired) electrons. The number of hydrogen-bond donors (Lipinski definition) is 2. The molecule has 2 rings (SSSR count). The van der Waals surface area contributed by atoms with Crippen LogP contribution in [0.1, 0.15) is 0 Å². The van der Waals surface area contributed by atoms with Gasteiger partial charge in [-0.3, -0.25) is 5.10 Å². The third-order valence-corrected chi connectivity index (χ3v) is 2.01. The standard InChI is InChI=1S/C9H8N4O2S/c14-9(12-13-6-10-11-8(13)16)15-7-4-2-1-3-5-7/h1-6H,(H,11,16)(H,12,14). The number of para-hydroxylation sites is 1. The van der Waals surface area contributed by atoms with Crippen LogP contribution < -0.4 is 10.2 Å². The van der Waals surface area contributed by atoms with Gasteiger partial charge in [-0.2, -0.15) is 5.10 Å². The fourth-order valence-corrected chi connectivity index (χ4v) is 1.19. The molecule has 0 aliphatic carbocycles. The van der Waals surface area contributed by atoms with E-state index in [0.717, 1.165) is 0 Å². The number of aromatic nitrogens is 3. The molecule has 0 fully saturated rings. The number of benzene rings is 1. The summed E-state index contributed by atoms with van der Waals surface area (Å²) in [6.45, 7) is 0. The number of nitrogens with zero attached hydrogens (tertiary/aromatic N) is 2. The van der Waals surface area contributed by atoms with Gasteiger partial charge in [0.2, 0.25) is 4.77 Å². The third-order valence-electron chi connectivity index (χ3n) is 1.72. The van der Waals surface area contributed by atoms with E-state index in [9.17, 15) is 4.79 Å². The first kappa shape index (κ1) is 10.4. The Morgan fingerprint density at radius 1 is 1.44 bits per heavy atom. The lowest BCUT2D eigenvalue weighted by Crippen LogP contribution is -2.25. The van der Waals surface area contributed by atoms with Crippen LogP contribution in [0.3, 0.4) is 0 Å². The second kappa shape index (κ2) is 4.58. The summed E-state index contributed by atoms with van der Waals surface area (Å²) in [6.07, 6.45) is 0.706. The quantitative estimate of drug-likeness (QED) is 0.778. The van der Waals surface area contributed by atoms with Gasteiger partial charge in [0.15, 0.2) is 0 Å². The van der Waals surface area contributed by atoms with E-state index in [1.165, 1.54) is 11.0 Å². The summed E-state index contributed by atoms with van der Waals surface area (Å²) >= 11 is 4.84. The number of carbonyl (C=O) groups is 1. The van der Waals surface area contributed by atoms with Crippen LogP contribution >= 0.6 is 12.2 Å². The molecule has 1 aromatic heterocycles. The summed E-state index contributed by atoms with van der Waals surface area (Å²) in [5.74, 6) is 0.454. The SMILES string of the molecule is O=C(Nn1cn[nH]c1=S)Oc1ccccc1. The van der Waals surface area contributed by atoms with Crippen LogP contribution in [0.5, 0.6) is 5.75 Å². The number of nitrogens with one attached hydrogen (secondary N) is 2. The number of aromatic amines is 1. The molecule has 2 aromatic rings. The average Bonchev–Trinajstić information content (AvgIpc) is 2.66. The molecule has 82 valence electrons. The van der Waals surface area contributed by atoms with Gasteiger partial charge in [0.25, 0.3) is 0 Å². The molecule has 16 heavy (non-hydrogen) atoms. The molecule has 0 aliphatic heterocycles. The highest BCUT2D eigenvalue weighted by Crippen LogP contribution is 2.08. The highest BCUT2D eigenvalue weighted by atomic mass is 32.1. The third kappa shape index (κ3) is 2.45. The number of ether oxygens (including phenoxy) is 1. The van der Waals surface area contributed by atoms with Crippen molar-refractivity contribution in [1.29, 1.82) is 0 Å². The highest BCUT2D eigenvalue weighted by molar-refractivity contribution is 7.71. The van der Waals surface area contributed by atoms with Crippen LogP contribution in [-0.4, -0.2) is 21.0 Å². The molecule has 2 N–H and O–H groups in total. The van der Waals surface area contributed by atoms with Crippen molar-refractivity contribution >= 4 is 18.3 Å². The van der Waals surface area contributed by atoms with Gasteiger partial charge < -0.3 is 4.74 Å². The van der Waals surface area contributed by atoms with E-state index in [1.807, 2.05) is 6.07 Å². The predicted octanol–water partition coefficient (Wildman–Crippen LogP) is 1.68. The van der Waals surface area contributed by atoms with Crippen LogP contribution in [0.15, 0.2) is 36.7 Å². The van der Waals surface area contributed by atoms with E-state index >= 15 is 0 Å². The first-order chi connectivity index (χ1) is 7.75. The van der Waals surface area contributed by atoms with Gasteiger partial charge in [-0.1, -0.05) is 18.2 Å². The number of carbonyl (C=O) groups excluding carboxylic acids is 1. The van der Waals surface area contributed by atoms with E-state index in [1.54, 1.807) is 24.3 Å². The molecule has 1 amide bonds. The lowest BCUT2D eigenvalue weighted by Gasteiger charge is -2.05. The molecular formula is C9H8N4O2S. The number of H-pyrrole nitrogens is 1. The molecule has 7 heteroatoms. The number of rotatable bonds is 2. The molecule has 1 heterocycles. The fraction of sp³-hybridized carbons (Fsp3) is 0. The summed E-state index contributed by atoms with van der Waals surface area (Å²) in [7, 11) is 0. The van der Waals surface area contributed by atoms with Crippen molar-refractivity contribution in [2.45, 2.75) is 0 Å². The van der Waals surface area contributed by atoms with Crippen molar-refractivity contribution in [1.82, 2.24) is 14.9 Å². The van der Waals surface area contributed by atoms with Gasteiger partial charge >= 0.3 is 6.09 Å². The highest BCUT2D eigenvalue weighted by Gasteiger charge is 2.04. The van der Waals surface area contributed by atoms with Crippen LogP contribution in [0.25, 0.3) is 0 Å². The monoisotopic (exact) mass is 236 g/mol. The van der Waals surface area contributed by atoms with Gasteiger partial charge in [-0.05, 0) is 24.4 Å². The van der Waals surface area contributed by atoms with Crippen molar-refractivity contribution in [3.8, 4) is 5.75 Å². The summed E-state index contributed by atoms with van der Waals surface area (Å²) in [4.78, 5) is 11.4. The summed E-state index contributed by atoms with van der Waals surface area (Å²) in [6, 6.07) is 8.72. The van der Waals surface area contributed by atoms with Gasteiger partial charge in [0.1, 0.15) is 12.1 Å². The molecule has 0 atom stereocenters. The maximum absolute atomic E-state index is 11.4. The smallest absolute Gasteiger partial charge is 0.409 e. The molecule has 0 bridgehead atoms. The van der Waals surface area contributed by atoms with Crippen LogP contribution in [0.2, 0.25) is 0 Å². The molecular weight excluding hydrogens is 228 g/mol. The second-order valence-electron chi connectivity index (χ2n) is 2.85. The van der Waals surface area contributed by atoms with Crippen molar-refractivity contribution in [2.75, 3.05) is 5.43 Å². The Bertz CT molecular complexity index is 534. The minimum atomic E-state index is -0.635. The lowest BCUT2D eigenvalue weighted by molar-refractivity contribution is 0.211. The predicted molar refractivity (Wildman–Crippen MR) is 59.2 cm³/mol. The number of hydrogen-bond acceptors (Lipinski definition) is 4. The van der Waals surface area contributed by atoms with Crippen molar-refractivity contribution in [3.05, 3.63) is 41.4 Å². The Hall–Kier alpha value is -2.15. The molecule has 0 spiro atoms. The summed E-state index contributed by atoms with van der Waals surface area (Å²) < 4.78 is 6.52. The lowest BCUT2D eigenvalue weighted by atomic mass is 10.3. The van der Waals surface area contributed by atoms with Gasteiger partial charge in [-0.25, -0.2) is 14.9 Å². The van der Waals surface area contributed by atoms with Crippen molar-refractivity contribution < 1.29 is 9.53 Å². The van der Waals surface area contributed by atoms with E-state index < -0.39 is 6.09 Å². The normalized spacial score (nSPS) is 9.75. The maximum atomic E-state index is 11.4. The zero-order valence-corrected chi connectivity index (χ0v) is 8.90. The van der Waals surface area contributed by atoms with Crippen LogP contribution in [0, 0.1) is 4.77 Å². The van der Waals surface area contributed by atoms with Crippen LogP contribution in [-0.2, 0) is 0 Å². The Morgan fingerprint density at radius 2 is 2.19 bits per heavy atom. The molecule has 0 saturated heterocycles. The average molecular weight is 236 g/mol. The minimum absolute atomic E-state index is 0.282. The van der Waals surface area contributed by atoms with Gasteiger partial charge in [0.05, 0.1) is 0 Å². The van der Waals surface area contributed by atoms with E-state index in [4.69, 9.17) is 17.0 Å². The Balaban J connectivity index is 2.00. The first-order valence-electron chi connectivity index (χ1n) is 4.41. The molecule has 1 aromatic carbocycles. The topological polar surface area (TPSA) is 71.9 Å². The molecule has 0 aliphatic rings. The largest absolute Gasteiger partial charge is 0.432 e. The zero-order valence-electron chi connectivity index (χ0n) is 8.08. The summed E-state index contributed by atoms with van der Waals surface area (Å²) in [5.41, 5.74) is 2.40. The summed E-state index contributed by atoms with van der Waals surface area (Å²) in [5, 5.41) is 6.14. The van der Waals surface area contributed by atoms with E-state index in [-0.39, 0.29) is 4.77 Å². The zero-order chi connectivity index (χ0) is 11.4. The Morgan fingerprint density at radius 3 is 2.81 bits per heavy atom. The second-order valence-corrected chi connectivity index (χ2v) is 3.23. The Kier molecular flexibility index (Phi) is 2.97. The van der Waals surface area contributed by atoms with Gasteiger partial charge in [0, 0.05) is 0 Å². The van der Waals surface area contributed by atoms with E-state index in [0.29, 0.717) is 5.75 Å². The number of amides is 1. The minimum Gasteiger partial charge on any atom is -0.409 e. The maximum Gasteiger partial charge on any atom is 0.432 e. The van der Waals surface area contributed by atoms with Crippen LogP contribution in [0.4, 0.5) is 4.79 Å². The Labute approximate surface area is 95.8 Å². The van der Waals surface area contributed by atoms with Crippen molar-refractivity contribution in [2.24, 2.45) is 0 Å². The fourth-order valence-electron chi connectivity index (χ4n) is 1.04. The molecule has 0 unspecified atom stereocenters. The van der Waals surface area contributed by atoms with Gasteiger partial charge in [-0.15, -0.1) is 0 Å². The van der Waals surface area contributed by atoms with E-state index in [2.05, 4.69) is 15.6 Å². The molecule has 0 saturated carbocycles. The molecule has 6 nitrogen and oxygen atoms in total. The first-order valence-corrected chi connectivity index (χ1v) is 4.82.